The second-order valence-corrected chi connectivity index (χ2v) is 3.91. The van der Waals surface area contributed by atoms with Crippen molar-refractivity contribution in [3.05, 3.63) is 0 Å². The third-order valence-electron chi connectivity index (χ3n) is 2.87. The van der Waals surface area contributed by atoms with Gasteiger partial charge in [-0.05, 0) is 31.6 Å². The van der Waals surface area contributed by atoms with Gasteiger partial charge in [-0.25, -0.2) is 0 Å². The van der Waals surface area contributed by atoms with Crippen LogP contribution in [0.15, 0.2) is 0 Å². The van der Waals surface area contributed by atoms with Gasteiger partial charge in [0.15, 0.2) is 0 Å². The van der Waals surface area contributed by atoms with Crippen LogP contribution in [0.25, 0.3) is 0 Å². The first kappa shape index (κ1) is 10.5. The minimum Gasteiger partial charge on any atom is -0.355 e. The van der Waals surface area contributed by atoms with Crippen LogP contribution in [0, 0.1) is 5.41 Å². The maximum absolute atomic E-state index is 11.1. The van der Waals surface area contributed by atoms with Crippen molar-refractivity contribution in [2.75, 3.05) is 19.6 Å². The molecule has 3 nitrogen and oxygen atoms in total. The summed E-state index contributed by atoms with van der Waals surface area (Å²) in [6.07, 6.45) is 3.88. The van der Waals surface area contributed by atoms with E-state index in [1.165, 1.54) is 19.3 Å². The Labute approximate surface area is 80.3 Å². The number of rotatable bonds is 6. The summed E-state index contributed by atoms with van der Waals surface area (Å²) < 4.78 is 0. The molecule has 1 aliphatic rings. The van der Waals surface area contributed by atoms with Crippen molar-refractivity contribution in [2.45, 2.75) is 33.1 Å². The molecular weight excluding hydrogens is 164 g/mol. The van der Waals surface area contributed by atoms with Gasteiger partial charge in [-0.15, -0.1) is 0 Å². The lowest BCUT2D eigenvalue weighted by atomic mass is 10.0. The molecule has 0 aromatic carbocycles. The zero-order chi connectivity index (χ0) is 9.73. The topological polar surface area (TPSA) is 41.1 Å². The lowest BCUT2D eigenvalue weighted by molar-refractivity contribution is -0.120. The molecule has 0 heterocycles. The predicted molar refractivity (Wildman–Crippen MR) is 53.5 cm³/mol. The molecule has 2 N–H and O–H groups in total. The van der Waals surface area contributed by atoms with Crippen LogP contribution in [0.3, 0.4) is 0 Å². The summed E-state index contributed by atoms with van der Waals surface area (Å²) in [6, 6.07) is 0. The number of hydrogen-bond donors (Lipinski definition) is 2. The molecule has 1 amide bonds. The van der Waals surface area contributed by atoms with Crippen LogP contribution in [0.4, 0.5) is 0 Å². The van der Waals surface area contributed by atoms with Crippen LogP contribution in [0.1, 0.15) is 33.1 Å². The van der Waals surface area contributed by atoms with Crippen molar-refractivity contribution in [3.8, 4) is 0 Å². The number of nitrogens with one attached hydrogen (secondary N) is 2. The van der Waals surface area contributed by atoms with E-state index < -0.39 is 0 Å². The Kier molecular flexibility index (Phi) is 3.72. The average Bonchev–Trinajstić information content (AvgIpc) is 2.86. The van der Waals surface area contributed by atoms with Crippen molar-refractivity contribution in [1.29, 1.82) is 0 Å². The van der Waals surface area contributed by atoms with E-state index in [4.69, 9.17) is 0 Å². The van der Waals surface area contributed by atoms with Crippen LogP contribution in [0.5, 0.6) is 0 Å². The molecule has 0 radical (unpaired) electrons. The Morgan fingerprint density at radius 2 is 2.08 bits per heavy atom. The summed E-state index contributed by atoms with van der Waals surface area (Å²) in [7, 11) is 0. The van der Waals surface area contributed by atoms with Crippen molar-refractivity contribution in [3.63, 3.8) is 0 Å². The van der Waals surface area contributed by atoms with E-state index in [2.05, 4.69) is 17.6 Å². The number of carbonyl (C=O) groups excluding carboxylic acids is 1. The maximum atomic E-state index is 11.1. The molecule has 0 saturated heterocycles. The zero-order valence-corrected chi connectivity index (χ0v) is 8.65. The fourth-order valence-electron chi connectivity index (χ4n) is 1.53. The molecule has 76 valence electrons. The van der Waals surface area contributed by atoms with Crippen molar-refractivity contribution in [2.24, 2.45) is 5.41 Å². The predicted octanol–water partition coefficient (Wildman–Crippen LogP) is 0.902. The number of amides is 1. The lowest BCUT2D eigenvalue weighted by Crippen LogP contribution is -2.36. The molecule has 0 bridgehead atoms. The van der Waals surface area contributed by atoms with E-state index >= 15 is 0 Å². The highest BCUT2D eigenvalue weighted by atomic mass is 16.1. The third kappa shape index (κ3) is 3.35. The molecule has 0 atom stereocenters. The minimum absolute atomic E-state index is 0.106. The monoisotopic (exact) mass is 184 g/mol. The summed E-state index contributed by atoms with van der Waals surface area (Å²) >= 11 is 0. The summed E-state index contributed by atoms with van der Waals surface area (Å²) in [5.74, 6) is 0.106. The first-order chi connectivity index (χ1) is 6.22. The van der Waals surface area contributed by atoms with Crippen molar-refractivity contribution < 1.29 is 4.79 Å². The molecule has 0 aromatic rings. The van der Waals surface area contributed by atoms with E-state index in [0.717, 1.165) is 13.1 Å². The Morgan fingerprint density at radius 1 is 1.38 bits per heavy atom. The molecule has 1 aliphatic carbocycles. The fraction of sp³-hybridized carbons (Fsp3) is 0.900. The zero-order valence-electron chi connectivity index (χ0n) is 8.65. The molecule has 0 unspecified atom stereocenters. The van der Waals surface area contributed by atoms with Gasteiger partial charge in [0.2, 0.25) is 5.91 Å². The third-order valence-corrected chi connectivity index (χ3v) is 2.87. The van der Waals surface area contributed by atoms with E-state index in [9.17, 15) is 4.79 Å². The van der Waals surface area contributed by atoms with Gasteiger partial charge in [-0.3, -0.25) is 4.79 Å². The minimum atomic E-state index is 0.106. The molecule has 1 fully saturated rings. The van der Waals surface area contributed by atoms with Gasteiger partial charge < -0.3 is 10.6 Å². The average molecular weight is 184 g/mol. The van der Waals surface area contributed by atoms with E-state index in [1.54, 1.807) is 0 Å². The summed E-state index contributed by atoms with van der Waals surface area (Å²) in [5.41, 5.74) is 0.534. The Bertz CT molecular complexity index is 176. The van der Waals surface area contributed by atoms with E-state index in [1.807, 2.05) is 6.92 Å². The molecule has 13 heavy (non-hydrogen) atoms. The molecule has 1 saturated carbocycles. The Hall–Kier alpha value is -0.570. The van der Waals surface area contributed by atoms with Crippen molar-refractivity contribution in [1.82, 2.24) is 10.6 Å². The summed E-state index contributed by atoms with van der Waals surface area (Å²) in [4.78, 5) is 11.1. The van der Waals surface area contributed by atoms with E-state index in [-0.39, 0.29) is 5.91 Å². The maximum Gasteiger partial charge on any atom is 0.233 e. The molecule has 0 aliphatic heterocycles. The first-order valence-corrected chi connectivity index (χ1v) is 5.20. The van der Waals surface area contributed by atoms with Crippen LogP contribution in [0.2, 0.25) is 0 Å². The highest BCUT2D eigenvalue weighted by molar-refractivity contribution is 5.77. The highest BCUT2D eigenvalue weighted by Crippen LogP contribution is 2.47. The van der Waals surface area contributed by atoms with Gasteiger partial charge in [0.05, 0.1) is 6.54 Å². The number of carbonyl (C=O) groups is 1. The molecular formula is C10H20N2O. The van der Waals surface area contributed by atoms with Crippen LogP contribution >= 0.6 is 0 Å². The standard InChI is InChI=1S/C10H20N2O/c1-3-10(5-6-10)8-11-7-9(13)12-4-2/h11H,3-8H2,1-2H3,(H,12,13). The summed E-state index contributed by atoms with van der Waals surface area (Å²) in [5, 5.41) is 5.98. The Morgan fingerprint density at radius 3 is 2.54 bits per heavy atom. The Balaban J connectivity index is 2.03. The lowest BCUT2D eigenvalue weighted by Gasteiger charge is -2.12. The second kappa shape index (κ2) is 4.61. The van der Waals surface area contributed by atoms with Crippen molar-refractivity contribution >= 4 is 5.91 Å². The molecule has 0 spiro atoms. The number of hydrogen-bond acceptors (Lipinski definition) is 2. The van der Waals surface area contributed by atoms with E-state index in [0.29, 0.717) is 12.0 Å². The molecule has 1 rings (SSSR count). The first-order valence-electron chi connectivity index (χ1n) is 5.20. The van der Waals surface area contributed by atoms with Gasteiger partial charge >= 0.3 is 0 Å². The van der Waals surface area contributed by atoms with Gasteiger partial charge in [-0.2, -0.15) is 0 Å². The van der Waals surface area contributed by atoms with Gasteiger partial charge in [-0.1, -0.05) is 6.92 Å². The van der Waals surface area contributed by atoms with Crippen LogP contribution in [-0.4, -0.2) is 25.5 Å². The second-order valence-electron chi connectivity index (χ2n) is 3.91. The number of likely N-dealkylation sites (N-methyl/N-ethyl adjacent to an activating group) is 1. The van der Waals surface area contributed by atoms with Gasteiger partial charge in [0.1, 0.15) is 0 Å². The molecule has 3 heteroatoms. The fourth-order valence-corrected chi connectivity index (χ4v) is 1.53. The van der Waals surface area contributed by atoms with Gasteiger partial charge in [0.25, 0.3) is 0 Å². The van der Waals surface area contributed by atoms with Gasteiger partial charge in [0, 0.05) is 13.1 Å². The van der Waals surface area contributed by atoms with Crippen LogP contribution in [-0.2, 0) is 4.79 Å². The highest BCUT2D eigenvalue weighted by Gasteiger charge is 2.39. The van der Waals surface area contributed by atoms with Crippen LogP contribution < -0.4 is 10.6 Å². The normalized spacial score (nSPS) is 18.3. The summed E-state index contributed by atoms with van der Waals surface area (Å²) in [6.45, 7) is 6.35. The SMILES string of the molecule is CCNC(=O)CNCC1(CC)CC1. The largest absolute Gasteiger partial charge is 0.355 e. The smallest absolute Gasteiger partial charge is 0.233 e. The molecule has 0 aromatic heterocycles. The quantitative estimate of drug-likeness (QED) is 0.644.